The standard InChI is InChI=1S/C18H22N2O5S2/c1-12-5-7-13(8-6-12)9-20-14-10-27(24,25)11-15(14)26-18(20)19-16(21)3-2-4-17(22)23/h5-8,14-15H,2-4,9-11H2,1H3,(H,22,23)/p-1/t14-,15+/m0/s1. The number of amides is 1. The van der Waals surface area contributed by atoms with E-state index in [1.165, 1.54) is 11.8 Å². The van der Waals surface area contributed by atoms with Gasteiger partial charge in [0.05, 0.1) is 17.5 Å². The number of carbonyl (C=O) groups excluding carboxylic acids is 2. The third kappa shape index (κ3) is 5.10. The molecule has 0 aliphatic carbocycles. The van der Waals surface area contributed by atoms with E-state index in [1.54, 1.807) is 0 Å². The minimum absolute atomic E-state index is 0.0318. The van der Waals surface area contributed by atoms with Gasteiger partial charge in [-0.15, -0.1) is 0 Å². The number of benzene rings is 1. The highest BCUT2D eigenvalue weighted by Gasteiger charge is 2.48. The maximum Gasteiger partial charge on any atom is 0.248 e. The summed E-state index contributed by atoms with van der Waals surface area (Å²) in [6, 6.07) is 7.75. The fraction of sp³-hybridized carbons (Fsp3) is 0.500. The van der Waals surface area contributed by atoms with Crippen molar-refractivity contribution in [3.63, 3.8) is 0 Å². The molecule has 0 N–H and O–H groups in total. The van der Waals surface area contributed by atoms with E-state index in [2.05, 4.69) is 4.99 Å². The lowest BCUT2D eigenvalue weighted by atomic mass is 10.1. The first-order valence-corrected chi connectivity index (χ1v) is 11.4. The molecule has 0 bridgehead atoms. The molecule has 1 aromatic carbocycles. The summed E-state index contributed by atoms with van der Waals surface area (Å²) in [5, 5.41) is 10.9. The van der Waals surface area contributed by atoms with Crippen LogP contribution in [0.1, 0.15) is 30.4 Å². The highest BCUT2D eigenvalue weighted by atomic mass is 32.2. The molecular weight excluding hydrogens is 388 g/mol. The maximum absolute atomic E-state index is 12.1. The van der Waals surface area contributed by atoms with Crippen LogP contribution in [0.25, 0.3) is 0 Å². The Hall–Kier alpha value is -1.87. The second-order valence-corrected chi connectivity index (χ2v) is 10.3. The Morgan fingerprint density at radius 1 is 1.22 bits per heavy atom. The van der Waals surface area contributed by atoms with Crippen molar-refractivity contribution in [1.29, 1.82) is 0 Å². The second kappa shape index (κ2) is 8.02. The molecule has 0 spiro atoms. The van der Waals surface area contributed by atoms with Crippen LogP contribution < -0.4 is 5.11 Å². The molecule has 1 aromatic rings. The molecule has 0 saturated carbocycles. The van der Waals surface area contributed by atoms with Crippen molar-refractivity contribution in [2.45, 2.75) is 44.0 Å². The summed E-state index contributed by atoms with van der Waals surface area (Å²) >= 11 is 1.33. The minimum atomic E-state index is -3.09. The van der Waals surface area contributed by atoms with Gasteiger partial charge in [0.25, 0.3) is 0 Å². The van der Waals surface area contributed by atoms with Crippen LogP contribution in [0.3, 0.4) is 0 Å². The second-order valence-electron chi connectivity index (χ2n) is 6.93. The van der Waals surface area contributed by atoms with E-state index in [9.17, 15) is 23.1 Å². The van der Waals surface area contributed by atoms with Crippen LogP contribution >= 0.6 is 11.8 Å². The van der Waals surface area contributed by atoms with Crippen molar-refractivity contribution in [2.24, 2.45) is 4.99 Å². The first-order chi connectivity index (χ1) is 12.7. The summed E-state index contributed by atoms with van der Waals surface area (Å²) in [5.74, 6) is -1.43. The lowest BCUT2D eigenvalue weighted by molar-refractivity contribution is -0.305. The SMILES string of the molecule is Cc1ccc(CN2C(=NC(=O)CCCC(=O)[O-])S[C@@H]3CS(=O)(=O)C[C@@H]32)cc1. The Labute approximate surface area is 162 Å². The number of aliphatic imine (C=N–C) groups is 1. The molecule has 0 aromatic heterocycles. The minimum Gasteiger partial charge on any atom is -0.550 e. The Morgan fingerprint density at radius 3 is 2.59 bits per heavy atom. The van der Waals surface area contributed by atoms with E-state index < -0.39 is 21.7 Å². The Morgan fingerprint density at radius 2 is 1.93 bits per heavy atom. The van der Waals surface area contributed by atoms with Crippen LogP contribution in [0.2, 0.25) is 0 Å². The number of sulfone groups is 1. The number of aliphatic carboxylic acids is 1. The number of carbonyl (C=O) groups is 2. The molecule has 2 fully saturated rings. The molecule has 0 radical (unpaired) electrons. The van der Waals surface area contributed by atoms with Gasteiger partial charge < -0.3 is 14.8 Å². The largest absolute Gasteiger partial charge is 0.550 e. The zero-order valence-corrected chi connectivity index (χ0v) is 16.6. The molecule has 2 aliphatic heterocycles. The molecule has 2 aliphatic rings. The maximum atomic E-state index is 12.1. The van der Waals surface area contributed by atoms with E-state index in [1.807, 2.05) is 36.1 Å². The molecule has 2 atom stereocenters. The van der Waals surface area contributed by atoms with Gasteiger partial charge in [-0.1, -0.05) is 41.6 Å². The quantitative estimate of drug-likeness (QED) is 0.674. The van der Waals surface area contributed by atoms with Gasteiger partial charge in [-0.25, -0.2) is 8.42 Å². The van der Waals surface area contributed by atoms with Crippen LogP contribution in [-0.4, -0.2) is 53.2 Å². The van der Waals surface area contributed by atoms with Crippen molar-refractivity contribution >= 4 is 38.6 Å². The predicted octanol–water partition coefficient (Wildman–Crippen LogP) is 0.512. The number of amidine groups is 1. The highest BCUT2D eigenvalue weighted by Crippen LogP contribution is 2.39. The zero-order chi connectivity index (χ0) is 19.6. The molecule has 1 amide bonds. The average Bonchev–Trinajstić information content (AvgIpc) is 3.02. The van der Waals surface area contributed by atoms with E-state index in [0.29, 0.717) is 11.7 Å². The molecule has 0 unspecified atom stereocenters. The summed E-state index contributed by atoms with van der Waals surface area (Å²) in [5.41, 5.74) is 2.15. The molecule has 9 heteroatoms. The van der Waals surface area contributed by atoms with E-state index in [0.717, 1.165) is 11.1 Å². The summed E-state index contributed by atoms with van der Waals surface area (Å²) in [6.45, 7) is 2.47. The van der Waals surface area contributed by atoms with Crippen LogP contribution in [0.4, 0.5) is 0 Å². The van der Waals surface area contributed by atoms with Crippen LogP contribution in [0.15, 0.2) is 29.3 Å². The summed E-state index contributed by atoms with van der Waals surface area (Å²) in [6.07, 6.45) is 0.0339. The van der Waals surface area contributed by atoms with Crippen molar-refractivity contribution in [2.75, 3.05) is 11.5 Å². The third-order valence-electron chi connectivity index (χ3n) is 4.64. The Bertz CT molecular complexity index is 864. The number of rotatable bonds is 6. The molecule has 2 heterocycles. The van der Waals surface area contributed by atoms with Gasteiger partial charge in [-0.2, -0.15) is 4.99 Å². The fourth-order valence-corrected chi connectivity index (χ4v) is 7.23. The van der Waals surface area contributed by atoms with Crippen LogP contribution in [0.5, 0.6) is 0 Å². The van der Waals surface area contributed by atoms with Crippen molar-refractivity contribution in [3.8, 4) is 0 Å². The molecule has 2 saturated heterocycles. The predicted molar refractivity (Wildman–Crippen MR) is 102 cm³/mol. The normalized spacial score (nSPS) is 24.9. The molecule has 3 rings (SSSR count). The molecule has 27 heavy (non-hydrogen) atoms. The fourth-order valence-electron chi connectivity index (χ4n) is 3.26. The lowest BCUT2D eigenvalue weighted by Gasteiger charge is -2.24. The summed E-state index contributed by atoms with van der Waals surface area (Å²) in [7, 11) is -3.09. The van der Waals surface area contributed by atoms with Crippen LogP contribution in [0, 0.1) is 6.92 Å². The zero-order valence-electron chi connectivity index (χ0n) is 15.0. The monoisotopic (exact) mass is 409 g/mol. The van der Waals surface area contributed by atoms with E-state index >= 15 is 0 Å². The first-order valence-electron chi connectivity index (χ1n) is 8.74. The van der Waals surface area contributed by atoms with Gasteiger partial charge in [0.2, 0.25) is 5.91 Å². The van der Waals surface area contributed by atoms with Crippen LogP contribution in [-0.2, 0) is 26.0 Å². The van der Waals surface area contributed by atoms with Crippen molar-refractivity contribution in [1.82, 2.24) is 4.90 Å². The van der Waals surface area contributed by atoms with Gasteiger partial charge in [0, 0.05) is 24.2 Å². The molecule has 146 valence electrons. The number of thioether (sulfide) groups is 1. The van der Waals surface area contributed by atoms with Crippen molar-refractivity contribution in [3.05, 3.63) is 35.4 Å². The molecular formula is C18H21N2O5S2-. The Kier molecular flexibility index (Phi) is 5.90. The number of aryl methyl sites for hydroxylation is 1. The highest BCUT2D eigenvalue weighted by molar-refractivity contribution is 8.15. The smallest absolute Gasteiger partial charge is 0.248 e. The van der Waals surface area contributed by atoms with Gasteiger partial charge in [-0.3, -0.25) is 4.79 Å². The van der Waals surface area contributed by atoms with Gasteiger partial charge in [-0.05, 0) is 25.3 Å². The number of carboxylic acid groups (broad SMARTS) is 1. The number of fused-ring (bicyclic) bond motifs is 1. The first kappa shape index (κ1) is 19.9. The van der Waals surface area contributed by atoms with Gasteiger partial charge in [0.15, 0.2) is 15.0 Å². The number of nitrogens with zero attached hydrogens (tertiary/aromatic N) is 2. The lowest BCUT2D eigenvalue weighted by Crippen LogP contribution is -2.37. The number of hydrogen-bond donors (Lipinski definition) is 0. The number of carboxylic acids is 1. The Balaban J connectivity index is 1.77. The van der Waals surface area contributed by atoms with Gasteiger partial charge in [0.1, 0.15) is 0 Å². The van der Waals surface area contributed by atoms with Crippen molar-refractivity contribution < 1.29 is 23.1 Å². The summed E-state index contributed by atoms with van der Waals surface area (Å²) in [4.78, 5) is 28.6. The topological polar surface area (TPSA) is 107 Å². The van der Waals surface area contributed by atoms with E-state index in [4.69, 9.17) is 0 Å². The van der Waals surface area contributed by atoms with Gasteiger partial charge >= 0.3 is 0 Å². The van der Waals surface area contributed by atoms with E-state index in [-0.39, 0.29) is 42.1 Å². The number of hydrogen-bond acceptors (Lipinski definition) is 6. The third-order valence-corrected chi connectivity index (χ3v) is 7.89. The summed E-state index contributed by atoms with van der Waals surface area (Å²) < 4.78 is 24.0. The molecule has 7 nitrogen and oxygen atoms in total. The average molecular weight is 410 g/mol.